The third-order valence-corrected chi connectivity index (χ3v) is 3.91. The largest absolute Gasteiger partial charge is 0.290 e. The number of allylic oxidation sites excluding steroid dienone is 4. The summed E-state index contributed by atoms with van der Waals surface area (Å²) in [6, 6.07) is 0. The van der Waals surface area contributed by atoms with E-state index in [1.165, 1.54) is 57.1 Å². The maximum atomic E-state index is 11.7. The molecule has 112 valence electrons. The summed E-state index contributed by atoms with van der Waals surface area (Å²) < 4.78 is 0. The second-order valence-corrected chi connectivity index (χ2v) is 5.80. The minimum Gasteiger partial charge on any atom is -0.290 e. The molecule has 0 aliphatic heterocycles. The molecule has 0 saturated heterocycles. The number of ketones is 2. The van der Waals surface area contributed by atoms with Gasteiger partial charge < -0.3 is 0 Å². The van der Waals surface area contributed by atoms with Crippen LogP contribution in [0.1, 0.15) is 78.1 Å². The maximum absolute atomic E-state index is 11.7. The van der Waals surface area contributed by atoms with Crippen LogP contribution in [0, 0.1) is 0 Å². The van der Waals surface area contributed by atoms with Crippen molar-refractivity contribution in [2.75, 3.05) is 0 Å². The summed E-state index contributed by atoms with van der Waals surface area (Å²) in [6.07, 6.45) is 15.2. The van der Waals surface area contributed by atoms with Crippen molar-refractivity contribution in [2.45, 2.75) is 78.1 Å². The van der Waals surface area contributed by atoms with Gasteiger partial charge in [0.1, 0.15) is 0 Å². The molecule has 0 atom stereocenters. The topological polar surface area (TPSA) is 34.1 Å². The maximum Gasteiger partial charge on any atom is 0.182 e. The molecular weight excluding hydrogens is 248 g/mol. The van der Waals surface area contributed by atoms with E-state index in [0.717, 1.165) is 19.3 Å². The fourth-order valence-electron chi connectivity index (χ4n) is 2.53. The van der Waals surface area contributed by atoms with E-state index in [0.29, 0.717) is 11.1 Å². The van der Waals surface area contributed by atoms with Gasteiger partial charge >= 0.3 is 0 Å². The molecule has 2 nitrogen and oxygen atoms in total. The smallest absolute Gasteiger partial charge is 0.182 e. The van der Waals surface area contributed by atoms with Crippen LogP contribution in [0.4, 0.5) is 0 Å². The van der Waals surface area contributed by atoms with Gasteiger partial charge in [-0.25, -0.2) is 0 Å². The Labute approximate surface area is 123 Å². The predicted octanol–water partition coefficient (Wildman–Crippen LogP) is 4.93. The molecule has 0 fully saturated rings. The molecule has 0 amide bonds. The van der Waals surface area contributed by atoms with Gasteiger partial charge in [0.2, 0.25) is 0 Å². The van der Waals surface area contributed by atoms with Crippen LogP contribution in [0.15, 0.2) is 23.3 Å². The monoisotopic (exact) mass is 276 g/mol. The molecule has 0 unspecified atom stereocenters. The molecule has 0 bridgehead atoms. The highest BCUT2D eigenvalue weighted by atomic mass is 16.1. The van der Waals surface area contributed by atoms with Gasteiger partial charge in [-0.3, -0.25) is 9.59 Å². The predicted molar refractivity (Wildman–Crippen MR) is 83.7 cm³/mol. The van der Waals surface area contributed by atoms with E-state index in [1.54, 1.807) is 6.92 Å². The zero-order valence-electron chi connectivity index (χ0n) is 13.0. The Bertz CT molecular complexity index is 388. The highest BCUT2D eigenvalue weighted by Gasteiger charge is 2.16. The Morgan fingerprint density at radius 3 is 1.90 bits per heavy atom. The molecule has 0 aromatic rings. The first kappa shape index (κ1) is 16.9. The molecule has 0 heterocycles. The highest BCUT2D eigenvalue weighted by molar-refractivity contribution is 6.19. The van der Waals surface area contributed by atoms with Crippen LogP contribution in [0.2, 0.25) is 0 Å². The molecule has 2 heteroatoms. The van der Waals surface area contributed by atoms with E-state index >= 15 is 0 Å². The zero-order chi connectivity index (χ0) is 14.8. The van der Waals surface area contributed by atoms with Crippen molar-refractivity contribution in [1.82, 2.24) is 0 Å². The van der Waals surface area contributed by atoms with Crippen LogP contribution < -0.4 is 0 Å². The van der Waals surface area contributed by atoms with Crippen LogP contribution in [-0.2, 0) is 9.59 Å². The first-order chi connectivity index (χ1) is 9.65. The number of hydrogen-bond donors (Lipinski definition) is 0. The van der Waals surface area contributed by atoms with E-state index in [2.05, 4.69) is 6.92 Å². The molecule has 1 aliphatic carbocycles. The Kier molecular flexibility index (Phi) is 8.17. The van der Waals surface area contributed by atoms with E-state index in [9.17, 15) is 9.59 Å². The van der Waals surface area contributed by atoms with Gasteiger partial charge in [0.05, 0.1) is 0 Å². The molecule has 1 rings (SSSR count). The second-order valence-electron chi connectivity index (χ2n) is 5.80. The summed E-state index contributed by atoms with van der Waals surface area (Å²) in [7, 11) is 0. The fourth-order valence-corrected chi connectivity index (χ4v) is 2.53. The summed E-state index contributed by atoms with van der Waals surface area (Å²) >= 11 is 0. The first-order valence-corrected chi connectivity index (χ1v) is 8.12. The molecule has 0 aromatic heterocycles. The van der Waals surface area contributed by atoms with Gasteiger partial charge in [0, 0.05) is 11.1 Å². The van der Waals surface area contributed by atoms with E-state index in [-0.39, 0.29) is 11.6 Å². The summed E-state index contributed by atoms with van der Waals surface area (Å²) in [4.78, 5) is 23.2. The summed E-state index contributed by atoms with van der Waals surface area (Å²) in [5, 5.41) is 0. The van der Waals surface area contributed by atoms with Crippen molar-refractivity contribution in [3.63, 3.8) is 0 Å². The van der Waals surface area contributed by atoms with Crippen molar-refractivity contribution >= 4 is 11.6 Å². The Morgan fingerprint density at radius 2 is 1.30 bits per heavy atom. The first-order valence-electron chi connectivity index (χ1n) is 8.12. The van der Waals surface area contributed by atoms with Gasteiger partial charge in [0.25, 0.3) is 0 Å². The summed E-state index contributed by atoms with van der Waals surface area (Å²) in [5.41, 5.74) is 1.26. The number of carbonyl (C=O) groups excluding carboxylic acids is 2. The SMILES string of the molecule is CCCCCCCCCCCC1=CC(=O)C(C)=CC1=O. The lowest BCUT2D eigenvalue weighted by Gasteiger charge is -2.09. The van der Waals surface area contributed by atoms with Crippen molar-refractivity contribution in [3.05, 3.63) is 23.3 Å². The van der Waals surface area contributed by atoms with Crippen molar-refractivity contribution in [1.29, 1.82) is 0 Å². The lowest BCUT2D eigenvalue weighted by Crippen LogP contribution is -2.11. The number of hydrogen-bond acceptors (Lipinski definition) is 2. The lowest BCUT2D eigenvalue weighted by molar-refractivity contribution is -0.115. The van der Waals surface area contributed by atoms with E-state index in [4.69, 9.17) is 0 Å². The number of carbonyl (C=O) groups is 2. The lowest BCUT2D eigenvalue weighted by atomic mass is 9.94. The molecular formula is C18H28O2. The molecule has 20 heavy (non-hydrogen) atoms. The van der Waals surface area contributed by atoms with E-state index in [1.807, 2.05) is 0 Å². The third-order valence-electron chi connectivity index (χ3n) is 3.91. The quantitative estimate of drug-likeness (QED) is 0.418. The molecule has 1 aliphatic rings. The molecule has 0 aromatic carbocycles. The van der Waals surface area contributed by atoms with Crippen molar-refractivity contribution in [2.24, 2.45) is 0 Å². The Hall–Kier alpha value is -1.18. The van der Waals surface area contributed by atoms with Crippen molar-refractivity contribution < 1.29 is 9.59 Å². The Balaban J connectivity index is 2.06. The summed E-state index contributed by atoms with van der Waals surface area (Å²) in [6.45, 7) is 3.94. The number of rotatable bonds is 10. The highest BCUT2D eigenvalue weighted by Crippen LogP contribution is 2.18. The molecule has 0 saturated carbocycles. The van der Waals surface area contributed by atoms with Crippen molar-refractivity contribution in [3.8, 4) is 0 Å². The molecule has 0 radical (unpaired) electrons. The average molecular weight is 276 g/mol. The van der Waals surface area contributed by atoms with Gasteiger partial charge in [-0.2, -0.15) is 0 Å². The van der Waals surface area contributed by atoms with Gasteiger partial charge in [0.15, 0.2) is 11.6 Å². The average Bonchev–Trinajstić information content (AvgIpc) is 2.42. The number of unbranched alkanes of at least 4 members (excludes halogenated alkanes) is 8. The summed E-state index contributed by atoms with van der Waals surface area (Å²) in [5.74, 6) is 0.0252. The second kappa shape index (κ2) is 9.68. The van der Waals surface area contributed by atoms with E-state index < -0.39 is 0 Å². The van der Waals surface area contributed by atoms with Gasteiger partial charge in [-0.1, -0.05) is 58.3 Å². The van der Waals surface area contributed by atoms with Crippen LogP contribution in [0.5, 0.6) is 0 Å². The minimum absolute atomic E-state index is 0.00414. The Morgan fingerprint density at radius 1 is 0.750 bits per heavy atom. The minimum atomic E-state index is -0.00414. The third kappa shape index (κ3) is 6.31. The molecule has 0 N–H and O–H groups in total. The van der Waals surface area contributed by atoms with Crippen LogP contribution in [0.3, 0.4) is 0 Å². The van der Waals surface area contributed by atoms with Gasteiger partial charge in [-0.15, -0.1) is 0 Å². The molecule has 0 spiro atoms. The zero-order valence-corrected chi connectivity index (χ0v) is 13.0. The van der Waals surface area contributed by atoms with Crippen LogP contribution in [0.25, 0.3) is 0 Å². The standard InChI is InChI=1S/C18H28O2/c1-3-4-5-6-7-8-9-10-11-12-16-14-17(19)15(2)13-18(16)20/h13-14H,3-12H2,1-2H3. The van der Waals surface area contributed by atoms with Crippen LogP contribution in [-0.4, -0.2) is 11.6 Å². The fraction of sp³-hybridized carbons (Fsp3) is 0.667. The normalized spacial score (nSPS) is 15.3. The van der Waals surface area contributed by atoms with Crippen LogP contribution >= 0.6 is 0 Å². The van der Waals surface area contributed by atoms with Gasteiger partial charge in [-0.05, 0) is 31.9 Å².